The van der Waals surface area contributed by atoms with Gasteiger partial charge >= 0.3 is 0 Å². The molecule has 0 radical (unpaired) electrons. The Bertz CT molecular complexity index is 666. The Balaban J connectivity index is 2.15. The lowest BCUT2D eigenvalue weighted by Gasteiger charge is -2.36. The number of ether oxygens (including phenoxy) is 1. The van der Waals surface area contributed by atoms with Crippen molar-refractivity contribution in [1.82, 2.24) is 0 Å². The first-order chi connectivity index (χ1) is 9.72. The van der Waals surface area contributed by atoms with Gasteiger partial charge in [-0.2, -0.15) is 0 Å². The van der Waals surface area contributed by atoms with E-state index in [-0.39, 0.29) is 6.04 Å². The van der Waals surface area contributed by atoms with E-state index in [0.29, 0.717) is 0 Å². The molecule has 0 saturated heterocycles. The molecule has 3 heteroatoms. The van der Waals surface area contributed by atoms with Gasteiger partial charge in [0.05, 0.1) is 7.11 Å². The van der Waals surface area contributed by atoms with Crippen molar-refractivity contribution in [2.75, 3.05) is 19.1 Å². The number of hydrogen-bond acceptors (Lipinski definition) is 2. The molecule has 102 valence electrons. The van der Waals surface area contributed by atoms with Crippen LogP contribution >= 0.6 is 11.6 Å². The Labute approximate surface area is 124 Å². The molecule has 2 aromatic carbocycles. The van der Waals surface area contributed by atoms with Gasteiger partial charge in [-0.05, 0) is 18.2 Å². The quantitative estimate of drug-likeness (QED) is 0.804. The monoisotopic (exact) mass is 285 g/mol. The van der Waals surface area contributed by atoms with Gasteiger partial charge in [0.1, 0.15) is 11.8 Å². The molecule has 0 bridgehead atoms. The van der Waals surface area contributed by atoms with Crippen molar-refractivity contribution >= 4 is 23.4 Å². The molecule has 2 nitrogen and oxygen atoms in total. The molecule has 1 heterocycles. The van der Waals surface area contributed by atoms with Crippen LogP contribution in [0.5, 0.6) is 0 Å². The number of rotatable bonds is 2. The molecule has 1 aliphatic heterocycles. The van der Waals surface area contributed by atoms with Crippen LogP contribution in [0.3, 0.4) is 0 Å². The maximum atomic E-state index is 6.36. The van der Waals surface area contributed by atoms with Crippen molar-refractivity contribution in [2.24, 2.45) is 0 Å². The van der Waals surface area contributed by atoms with Crippen LogP contribution in [0.4, 0.5) is 5.69 Å². The van der Waals surface area contributed by atoms with Crippen LogP contribution in [-0.2, 0) is 4.74 Å². The summed E-state index contributed by atoms with van der Waals surface area (Å²) in [4.78, 5) is 2.20. The Morgan fingerprint density at radius 2 is 1.75 bits per heavy atom. The first-order valence-corrected chi connectivity index (χ1v) is 6.92. The predicted molar refractivity (Wildman–Crippen MR) is 84.0 cm³/mol. The van der Waals surface area contributed by atoms with E-state index < -0.39 is 0 Å². The Morgan fingerprint density at radius 3 is 2.50 bits per heavy atom. The lowest BCUT2D eigenvalue weighted by molar-refractivity contribution is 0.266. The van der Waals surface area contributed by atoms with Crippen molar-refractivity contribution in [3.05, 3.63) is 70.4 Å². The lowest BCUT2D eigenvalue weighted by Crippen LogP contribution is -2.29. The van der Waals surface area contributed by atoms with E-state index in [2.05, 4.69) is 30.2 Å². The fourth-order valence-corrected chi connectivity index (χ4v) is 2.96. The average molecular weight is 286 g/mol. The fourth-order valence-electron chi connectivity index (χ4n) is 2.72. The molecule has 20 heavy (non-hydrogen) atoms. The number of fused-ring (bicyclic) bond motifs is 1. The van der Waals surface area contributed by atoms with Crippen LogP contribution in [0.2, 0.25) is 5.02 Å². The van der Waals surface area contributed by atoms with Gasteiger partial charge in [-0.3, -0.25) is 0 Å². The molecule has 1 atom stereocenters. The number of hydrogen-bond donors (Lipinski definition) is 0. The first-order valence-electron chi connectivity index (χ1n) is 6.54. The molecule has 0 aromatic heterocycles. The maximum absolute atomic E-state index is 6.36. The Morgan fingerprint density at radius 1 is 1.05 bits per heavy atom. The number of likely N-dealkylation sites (N-methyl/N-ethyl adjacent to an activating group) is 1. The fraction of sp³-hybridized carbons (Fsp3) is 0.176. The molecule has 0 saturated carbocycles. The van der Waals surface area contributed by atoms with Crippen LogP contribution in [0, 0.1) is 0 Å². The number of nitrogens with zero attached hydrogens (tertiary/aromatic N) is 1. The maximum Gasteiger partial charge on any atom is 0.123 e. The topological polar surface area (TPSA) is 12.5 Å². The van der Waals surface area contributed by atoms with Crippen molar-refractivity contribution < 1.29 is 4.74 Å². The van der Waals surface area contributed by atoms with Crippen molar-refractivity contribution in [1.29, 1.82) is 0 Å². The Hall–Kier alpha value is -1.93. The smallest absolute Gasteiger partial charge is 0.123 e. The van der Waals surface area contributed by atoms with E-state index in [1.807, 2.05) is 36.4 Å². The third-order valence-electron chi connectivity index (χ3n) is 3.71. The second-order valence-electron chi connectivity index (χ2n) is 4.84. The van der Waals surface area contributed by atoms with E-state index in [1.54, 1.807) is 7.11 Å². The minimum absolute atomic E-state index is 0.00333. The molecule has 2 aromatic rings. The van der Waals surface area contributed by atoms with Gasteiger partial charge in [0.15, 0.2) is 0 Å². The van der Waals surface area contributed by atoms with Crippen LogP contribution in [0.1, 0.15) is 17.2 Å². The highest BCUT2D eigenvalue weighted by Crippen LogP contribution is 2.41. The molecule has 0 spiro atoms. The third-order valence-corrected chi connectivity index (χ3v) is 4.05. The van der Waals surface area contributed by atoms with Gasteiger partial charge in [-0.1, -0.05) is 48.0 Å². The summed E-state index contributed by atoms with van der Waals surface area (Å²) in [6.07, 6.45) is 2.09. The predicted octanol–water partition coefficient (Wildman–Crippen LogP) is 4.52. The summed E-state index contributed by atoms with van der Waals surface area (Å²) in [7, 11) is 3.77. The molecular weight excluding hydrogens is 270 g/mol. The minimum atomic E-state index is 0.00333. The number of para-hydroxylation sites is 1. The highest BCUT2D eigenvalue weighted by molar-refractivity contribution is 6.31. The van der Waals surface area contributed by atoms with E-state index >= 15 is 0 Å². The molecule has 0 amide bonds. The number of benzene rings is 2. The molecule has 0 N–H and O–H groups in total. The van der Waals surface area contributed by atoms with E-state index in [0.717, 1.165) is 21.9 Å². The summed E-state index contributed by atoms with van der Waals surface area (Å²) in [5.41, 5.74) is 3.40. The highest BCUT2D eigenvalue weighted by Gasteiger charge is 2.29. The zero-order valence-electron chi connectivity index (χ0n) is 11.5. The summed E-state index contributed by atoms with van der Waals surface area (Å²) in [6.45, 7) is 0. The summed E-state index contributed by atoms with van der Waals surface area (Å²) in [5, 5.41) is 0.756. The molecule has 0 aliphatic carbocycles. The molecule has 1 unspecified atom stereocenters. The largest absolute Gasteiger partial charge is 0.499 e. The van der Waals surface area contributed by atoms with Gasteiger partial charge in [0, 0.05) is 28.9 Å². The second kappa shape index (κ2) is 5.22. The van der Waals surface area contributed by atoms with Gasteiger partial charge in [0.25, 0.3) is 0 Å². The molecule has 1 aliphatic rings. The van der Waals surface area contributed by atoms with Crippen LogP contribution in [-0.4, -0.2) is 14.2 Å². The van der Waals surface area contributed by atoms with Gasteiger partial charge in [0.2, 0.25) is 0 Å². The summed E-state index contributed by atoms with van der Waals surface area (Å²) in [5.74, 6) is 0.902. The Kier molecular flexibility index (Phi) is 3.41. The SMILES string of the molecule is COC1=Cc2ccccc2N(C)C1c1ccccc1Cl. The molecule has 3 rings (SSSR count). The zero-order valence-corrected chi connectivity index (χ0v) is 12.3. The average Bonchev–Trinajstić information content (AvgIpc) is 2.48. The highest BCUT2D eigenvalue weighted by atomic mass is 35.5. The second-order valence-corrected chi connectivity index (χ2v) is 5.25. The van der Waals surface area contributed by atoms with E-state index in [4.69, 9.17) is 16.3 Å². The van der Waals surface area contributed by atoms with Crippen LogP contribution in [0.15, 0.2) is 54.3 Å². The molecular formula is C17H16ClNO. The van der Waals surface area contributed by atoms with E-state index in [9.17, 15) is 0 Å². The van der Waals surface area contributed by atoms with Crippen LogP contribution < -0.4 is 4.90 Å². The van der Waals surface area contributed by atoms with Gasteiger partial charge < -0.3 is 9.64 Å². The summed E-state index contributed by atoms with van der Waals surface area (Å²) < 4.78 is 5.60. The minimum Gasteiger partial charge on any atom is -0.499 e. The van der Waals surface area contributed by atoms with Crippen molar-refractivity contribution in [2.45, 2.75) is 6.04 Å². The van der Waals surface area contributed by atoms with Crippen molar-refractivity contribution in [3.63, 3.8) is 0 Å². The molecule has 0 fully saturated rings. The van der Waals surface area contributed by atoms with Crippen molar-refractivity contribution in [3.8, 4) is 0 Å². The summed E-state index contributed by atoms with van der Waals surface area (Å²) in [6, 6.07) is 16.2. The number of anilines is 1. The summed E-state index contributed by atoms with van der Waals surface area (Å²) >= 11 is 6.36. The lowest BCUT2D eigenvalue weighted by atomic mass is 9.96. The van der Waals surface area contributed by atoms with Crippen LogP contribution in [0.25, 0.3) is 6.08 Å². The standard InChI is InChI=1S/C17H16ClNO/c1-19-15-10-6-3-7-12(15)11-16(20-2)17(19)13-8-4-5-9-14(13)18/h3-11,17H,1-2H3. The van der Waals surface area contributed by atoms with Gasteiger partial charge in [-0.25, -0.2) is 0 Å². The van der Waals surface area contributed by atoms with E-state index in [1.165, 1.54) is 5.69 Å². The van der Waals surface area contributed by atoms with Gasteiger partial charge in [-0.15, -0.1) is 0 Å². The zero-order chi connectivity index (χ0) is 14.1. The number of methoxy groups -OCH3 is 1. The third kappa shape index (κ3) is 2.06. The normalized spacial score (nSPS) is 17.4. The first kappa shape index (κ1) is 13.1. The number of halogens is 1.